The number of nitrogens with one attached hydrogen (secondary N) is 1. The Balaban J connectivity index is 1.10. The quantitative estimate of drug-likeness (QED) is 0.588. The Morgan fingerprint density at radius 1 is 0.912 bits per heavy atom. The highest BCUT2D eigenvalue weighted by Crippen LogP contribution is 2.40. The molecule has 0 radical (unpaired) electrons. The molecule has 1 amide bonds. The molecule has 2 unspecified atom stereocenters. The van der Waals surface area contributed by atoms with Crippen LogP contribution in [-0.2, 0) is 9.53 Å². The van der Waals surface area contributed by atoms with Gasteiger partial charge in [-0.25, -0.2) is 9.97 Å². The van der Waals surface area contributed by atoms with Crippen LogP contribution in [-0.4, -0.2) is 52.1 Å². The molecule has 2 aromatic heterocycles. The molecule has 3 fully saturated rings. The van der Waals surface area contributed by atoms with Crippen molar-refractivity contribution in [3.05, 3.63) is 59.5 Å². The molecule has 2 atom stereocenters. The first-order valence-electron chi connectivity index (χ1n) is 13.0. The summed E-state index contributed by atoms with van der Waals surface area (Å²) in [6.07, 6.45) is 9.08. The standard InChI is InChI=1S/C28H34N4O2/c33-28(23-7-6-22(18-23)19-4-2-1-3-5-19)32-14-9-20(10-15-32)24-8-13-29-27-25(24)30-26(31-27)21-11-16-34-17-12-21/h1-5,8,13,20-23H,6-7,9-12,14-18H2,(H,29,30,31). The van der Waals surface area contributed by atoms with Crippen molar-refractivity contribution in [1.82, 2.24) is 19.9 Å². The third-order valence-electron chi connectivity index (χ3n) is 8.35. The highest BCUT2D eigenvalue weighted by molar-refractivity contribution is 5.80. The number of fused-ring (bicyclic) bond motifs is 1. The number of likely N-dealkylation sites (tertiary alicyclic amines) is 1. The number of carbonyl (C=O) groups is 1. The van der Waals surface area contributed by atoms with E-state index in [1.807, 2.05) is 6.20 Å². The second kappa shape index (κ2) is 9.49. The molecule has 4 heterocycles. The topological polar surface area (TPSA) is 71.1 Å². The average Bonchev–Trinajstić information content (AvgIpc) is 3.57. The molecule has 6 heteroatoms. The van der Waals surface area contributed by atoms with Gasteiger partial charge in [0.25, 0.3) is 0 Å². The fourth-order valence-electron chi connectivity index (χ4n) is 6.36. The minimum absolute atomic E-state index is 0.184. The van der Waals surface area contributed by atoms with Crippen LogP contribution in [0.15, 0.2) is 42.6 Å². The van der Waals surface area contributed by atoms with Gasteiger partial charge in [-0.2, -0.15) is 0 Å². The second-order valence-corrected chi connectivity index (χ2v) is 10.3. The lowest BCUT2D eigenvalue weighted by molar-refractivity contribution is -0.136. The second-order valence-electron chi connectivity index (χ2n) is 10.3. The Hall–Kier alpha value is -2.73. The zero-order chi connectivity index (χ0) is 22.9. The van der Waals surface area contributed by atoms with E-state index in [9.17, 15) is 4.79 Å². The zero-order valence-corrected chi connectivity index (χ0v) is 19.8. The number of benzene rings is 1. The van der Waals surface area contributed by atoms with E-state index in [4.69, 9.17) is 9.72 Å². The summed E-state index contributed by atoms with van der Waals surface area (Å²) in [5, 5.41) is 0. The molecule has 1 aromatic carbocycles. The molecule has 1 N–H and O–H groups in total. The monoisotopic (exact) mass is 458 g/mol. The van der Waals surface area contributed by atoms with Crippen LogP contribution in [0.2, 0.25) is 0 Å². The minimum Gasteiger partial charge on any atom is -0.381 e. The fourth-order valence-corrected chi connectivity index (χ4v) is 6.36. The van der Waals surface area contributed by atoms with E-state index in [0.29, 0.717) is 23.7 Å². The molecule has 6 rings (SSSR count). The van der Waals surface area contributed by atoms with Gasteiger partial charge in [-0.3, -0.25) is 4.79 Å². The molecule has 6 nitrogen and oxygen atoms in total. The number of hydrogen-bond acceptors (Lipinski definition) is 4. The van der Waals surface area contributed by atoms with E-state index >= 15 is 0 Å². The molecular weight excluding hydrogens is 424 g/mol. The average molecular weight is 459 g/mol. The van der Waals surface area contributed by atoms with E-state index in [2.05, 4.69) is 51.3 Å². The number of H-pyrrole nitrogens is 1. The lowest BCUT2D eigenvalue weighted by atomic mass is 9.88. The summed E-state index contributed by atoms with van der Waals surface area (Å²) < 4.78 is 5.52. The number of ether oxygens (including phenoxy) is 1. The largest absolute Gasteiger partial charge is 0.381 e. The van der Waals surface area contributed by atoms with Crippen molar-refractivity contribution in [3.63, 3.8) is 0 Å². The summed E-state index contributed by atoms with van der Waals surface area (Å²) >= 11 is 0. The number of carbonyl (C=O) groups excluding carboxylic acids is 1. The van der Waals surface area contributed by atoms with Gasteiger partial charge in [0.2, 0.25) is 5.91 Å². The molecule has 2 aliphatic heterocycles. The first-order chi connectivity index (χ1) is 16.8. The van der Waals surface area contributed by atoms with E-state index in [1.165, 1.54) is 11.1 Å². The molecule has 3 aliphatic rings. The van der Waals surface area contributed by atoms with Crippen LogP contribution in [0.5, 0.6) is 0 Å². The van der Waals surface area contributed by atoms with E-state index in [0.717, 1.165) is 88.2 Å². The molecule has 1 saturated carbocycles. The zero-order valence-electron chi connectivity index (χ0n) is 19.8. The molecule has 178 valence electrons. The van der Waals surface area contributed by atoms with Crippen LogP contribution < -0.4 is 0 Å². The number of nitrogens with zero attached hydrogens (tertiary/aromatic N) is 3. The van der Waals surface area contributed by atoms with Gasteiger partial charge in [-0.1, -0.05) is 30.3 Å². The number of aromatic amines is 1. The van der Waals surface area contributed by atoms with E-state index in [1.54, 1.807) is 0 Å². The molecule has 1 aliphatic carbocycles. The predicted molar refractivity (Wildman–Crippen MR) is 132 cm³/mol. The van der Waals surface area contributed by atoms with Crippen LogP contribution in [0.25, 0.3) is 11.2 Å². The summed E-state index contributed by atoms with van der Waals surface area (Å²) in [5.41, 5.74) is 4.62. The van der Waals surface area contributed by atoms with Crippen molar-refractivity contribution in [2.75, 3.05) is 26.3 Å². The Morgan fingerprint density at radius 3 is 2.50 bits per heavy atom. The number of aromatic nitrogens is 3. The lowest BCUT2D eigenvalue weighted by Gasteiger charge is -2.34. The molecule has 2 saturated heterocycles. The van der Waals surface area contributed by atoms with Gasteiger partial charge in [-0.15, -0.1) is 0 Å². The Morgan fingerprint density at radius 2 is 1.71 bits per heavy atom. The van der Waals surface area contributed by atoms with Crippen LogP contribution in [0.1, 0.15) is 79.7 Å². The Labute approximate surface area is 201 Å². The normalized spacial score (nSPS) is 24.6. The summed E-state index contributed by atoms with van der Waals surface area (Å²) in [6, 6.07) is 12.9. The maximum absolute atomic E-state index is 13.3. The lowest BCUT2D eigenvalue weighted by Crippen LogP contribution is -2.40. The van der Waals surface area contributed by atoms with E-state index in [-0.39, 0.29) is 5.92 Å². The van der Waals surface area contributed by atoms with Crippen LogP contribution in [0.4, 0.5) is 0 Å². The van der Waals surface area contributed by atoms with Crippen LogP contribution in [0.3, 0.4) is 0 Å². The summed E-state index contributed by atoms with van der Waals surface area (Å²) in [5.74, 6) is 3.02. The number of hydrogen-bond donors (Lipinski definition) is 1. The Kier molecular flexibility index (Phi) is 6.08. The number of imidazole rings is 1. The summed E-state index contributed by atoms with van der Waals surface area (Å²) in [7, 11) is 0. The number of rotatable bonds is 4. The fraction of sp³-hybridized carbons (Fsp3) is 0.536. The van der Waals surface area contributed by atoms with Crippen molar-refractivity contribution in [1.29, 1.82) is 0 Å². The highest BCUT2D eigenvalue weighted by atomic mass is 16.5. The maximum Gasteiger partial charge on any atom is 0.225 e. The van der Waals surface area contributed by atoms with Crippen molar-refractivity contribution >= 4 is 17.1 Å². The third kappa shape index (κ3) is 4.24. The first kappa shape index (κ1) is 21.8. The summed E-state index contributed by atoms with van der Waals surface area (Å²) in [4.78, 5) is 28.4. The van der Waals surface area contributed by atoms with Gasteiger partial charge in [0, 0.05) is 44.3 Å². The van der Waals surface area contributed by atoms with Crippen LogP contribution >= 0.6 is 0 Å². The number of pyridine rings is 1. The van der Waals surface area contributed by atoms with Gasteiger partial charge in [0.15, 0.2) is 5.65 Å². The predicted octanol–water partition coefficient (Wildman–Crippen LogP) is 5.14. The maximum atomic E-state index is 13.3. The van der Waals surface area contributed by atoms with Crippen molar-refractivity contribution in [2.24, 2.45) is 5.92 Å². The number of piperidine rings is 1. The molecule has 0 spiro atoms. The Bertz CT molecular complexity index is 1130. The van der Waals surface area contributed by atoms with Gasteiger partial charge in [0.1, 0.15) is 5.82 Å². The minimum atomic E-state index is 0.184. The summed E-state index contributed by atoms with van der Waals surface area (Å²) in [6.45, 7) is 3.31. The first-order valence-corrected chi connectivity index (χ1v) is 13.0. The van der Waals surface area contributed by atoms with Gasteiger partial charge >= 0.3 is 0 Å². The SMILES string of the molecule is O=C(C1CCC(c2ccccc2)C1)N1CCC(c2ccnc3nc(C4CCOCC4)[nH]c23)CC1. The van der Waals surface area contributed by atoms with Gasteiger partial charge < -0.3 is 14.6 Å². The van der Waals surface area contributed by atoms with Crippen molar-refractivity contribution in [3.8, 4) is 0 Å². The molecule has 34 heavy (non-hydrogen) atoms. The van der Waals surface area contributed by atoms with E-state index < -0.39 is 0 Å². The molecule has 3 aromatic rings. The molecule has 0 bridgehead atoms. The molecular formula is C28H34N4O2. The van der Waals surface area contributed by atoms with Crippen molar-refractivity contribution < 1.29 is 9.53 Å². The van der Waals surface area contributed by atoms with Crippen LogP contribution in [0, 0.1) is 5.92 Å². The number of amides is 1. The van der Waals surface area contributed by atoms with Gasteiger partial charge in [0.05, 0.1) is 5.52 Å². The highest BCUT2D eigenvalue weighted by Gasteiger charge is 2.35. The third-order valence-corrected chi connectivity index (χ3v) is 8.35. The van der Waals surface area contributed by atoms with Gasteiger partial charge in [-0.05, 0) is 74.0 Å². The smallest absolute Gasteiger partial charge is 0.225 e. The van der Waals surface area contributed by atoms with Crippen molar-refractivity contribution in [2.45, 2.75) is 62.7 Å².